The van der Waals surface area contributed by atoms with Gasteiger partial charge in [0.2, 0.25) is 0 Å². The zero-order valence-electron chi connectivity index (χ0n) is 10.2. The summed E-state index contributed by atoms with van der Waals surface area (Å²) in [6.07, 6.45) is 4.92. The van der Waals surface area contributed by atoms with E-state index in [0.29, 0.717) is 11.5 Å². The predicted octanol–water partition coefficient (Wildman–Crippen LogP) is 1.50. The topological polar surface area (TPSA) is 42.7 Å². The molecule has 16 heavy (non-hydrogen) atoms. The van der Waals surface area contributed by atoms with E-state index in [1.54, 1.807) is 0 Å². The number of aromatic nitrogens is 3. The Bertz CT molecular complexity index is 394. The molecule has 2 heterocycles. The van der Waals surface area contributed by atoms with E-state index in [-0.39, 0.29) is 0 Å². The highest BCUT2D eigenvalue weighted by Crippen LogP contribution is 2.44. The van der Waals surface area contributed by atoms with Crippen LogP contribution in [0.3, 0.4) is 0 Å². The number of nitrogens with one attached hydrogen (secondary N) is 1. The molecule has 1 unspecified atom stereocenters. The van der Waals surface area contributed by atoms with Crippen LogP contribution in [-0.2, 0) is 19.5 Å². The molecule has 0 bridgehead atoms. The third-order valence-electron chi connectivity index (χ3n) is 3.96. The molecule has 0 spiro atoms. The molecule has 4 nitrogen and oxygen atoms in total. The Hall–Kier alpha value is -0.900. The molecule has 0 aromatic carbocycles. The van der Waals surface area contributed by atoms with Crippen molar-refractivity contribution >= 4 is 0 Å². The minimum atomic E-state index is 0.491. The van der Waals surface area contributed by atoms with E-state index in [4.69, 9.17) is 0 Å². The fraction of sp³-hybridized carbons (Fsp3) is 0.833. The maximum atomic E-state index is 4.30. The summed E-state index contributed by atoms with van der Waals surface area (Å²) < 4.78 is 2.30. The predicted molar refractivity (Wildman–Crippen MR) is 62.0 cm³/mol. The second-order valence-electron chi connectivity index (χ2n) is 5.77. The van der Waals surface area contributed by atoms with Crippen molar-refractivity contribution in [1.29, 1.82) is 0 Å². The first-order valence-electron chi connectivity index (χ1n) is 6.31. The average molecular weight is 220 g/mol. The molecule has 1 N–H and O–H groups in total. The molecule has 0 saturated heterocycles. The van der Waals surface area contributed by atoms with E-state index in [9.17, 15) is 0 Å². The van der Waals surface area contributed by atoms with Gasteiger partial charge in [-0.2, -0.15) is 0 Å². The Morgan fingerprint density at radius 2 is 2.19 bits per heavy atom. The Balaban J connectivity index is 1.64. The van der Waals surface area contributed by atoms with Gasteiger partial charge in [0.1, 0.15) is 11.6 Å². The van der Waals surface area contributed by atoms with Crippen molar-refractivity contribution < 1.29 is 0 Å². The van der Waals surface area contributed by atoms with Gasteiger partial charge in [0.15, 0.2) is 0 Å². The Morgan fingerprint density at radius 1 is 1.38 bits per heavy atom. The van der Waals surface area contributed by atoms with E-state index in [1.165, 1.54) is 25.1 Å². The van der Waals surface area contributed by atoms with Crippen molar-refractivity contribution in [2.24, 2.45) is 5.41 Å². The molecule has 4 heteroatoms. The number of hydrogen-bond donors (Lipinski definition) is 1. The minimum absolute atomic E-state index is 0.491. The Kier molecular flexibility index (Phi) is 2.28. The van der Waals surface area contributed by atoms with Gasteiger partial charge in [0, 0.05) is 19.0 Å². The van der Waals surface area contributed by atoms with E-state index < -0.39 is 0 Å². The molecule has 1 saturated carbocycles. The highest BCUT2D eigenvalue weighted by atomic mass is 15.3. The lowest BCUT2D eigenvalue weighted by Gasteiger charge is -2.15. The second kappa shape index (κ2) is 3.55. The van der Waals surface area contributed by atoms with Gasteiger partial charge in [-0.05, 0) is 24.7 Å². The van der Waals surface area contributed by atoms with Gasteiger partial charge in [0.25, 0.3) is 0 Å². The lowest BCUT2D eigenvalue weighted by Crippen LogP contribution is -2.23. The van der Waals surface area contributed by atoms with E-state index >= 15 is 0 Å². The molecule has 1 fully saturated rings. The number of rotatable bonds is 3. The summed E-state index contributed by atoms with van der Waals surface area (Å²) in [6.45, 7) is 6.60. The molecule has 1 aromatic rings. The quantitative estimate of drug-likeness (QED) is 0.839. The zero-order chi connectivity index (χ0) is 11.2. The molecular formula is C12H20N4. The van der Waals surface area contributed by atoms with Crippen molar-refractivity contribution in [3.8, 4) is 0 Å². The van der Waals surface area contributed by atoms with Crippen LogP contribution in [0.2, 0.25) is 0 Å². The van der Waals surface area contributed by atoms with Crippen LogP contribution in [0.5, 0.6) is 0 Å². The lowest BCUT2D eigenvalue weighted by atomic mass is 10.1. The van der Waals surface area contributed by atoms with Gasteiger partial charge in [-0.1, -0.05) is 13.8 Å². The standard InChI is InChI=1S/C12H20N4/c1-12(2)7-9(12)13-8-11-15-14-10-5-3-4-6-16(10)11/h9,13H,3-8H2,1-2H3. The summed E-state index contributed by atoms with van der Waals surface area (Å²) in [6, 6.07) is 0.670. The van der Waals surface area contributed by atoms with Gasteiger partial charge in [0.05, 0.1) is 6.54 Å². The summed E-state index contributed by atoms with van der Waals surface area (Å²) in [7, 11) is 0. The molecule has 88 valence electrons. The van der Waals surface area contributed by atoms with Crippen LogP contribution in [0.15, 0.2) is 0 Å². The molecule has 3 rings (SSSR count). The molecule has 1 aliphatic heterocycles. The van der Waals surface area contributed by atoms with Gasteiger partial charge < -0.3 is 9.88 Å². The van der Waals surface area contributed by atoms with Crippen molar-refractivity contribution in [3.05, 3.63) is 11.6 Å². The summed E-state index contributed by atoms with van der Waals surface area (Å²) in [5.74, 6) is 2.30. The number of nitrogens with zero attached hydrogens (tertiary/aromatic N) is 3. The number of fused-ring (bicyclic) bond motifs is 1. The van der Waals surface area contributed by atoms with Crippen molar-refractivity contribution in [3.63, 3.8) is 0 Å². The van der Waals surface area contributed by atoms with Crippen LogP contribution in [-0.4, -0.2) is 20.8 Å². The van der Waals surface area contributed by atoms with Crippen LogP contribution in [0.1, 0.15) is 44.8 Å². The third-order valence-corrected chi connectivity index (χ3v) is 3.96. The van der Waals surface area contributed by atoms with Crippen LogP contribution >= 0.6 is 0 Å². The highest BCUT2D eigenvalue weighted by Gasteiger charge is 2.45. The summed E-state index contributed by atoms with van der Waals surface area (Å²) in [5.41, 5.74) is 0.491. The Morgan fingerprint density at radius 3 is 2.94 bits per heavy atom. The van der Waals surface area contributed by atoms with Crippen LogP contribution in [0.25, 0.3) is 0 Å². The molecule has 1 aliphatic carbocycles. The lowest BCUT2D eigenvalue weighted by molar-refractivity contribution is 0.484. The molecular weight excluding hydrogens is 200 g/mol. The number of aryl methyl sites for hydroxylation is 1. The molecule has 1 aromatic heterocycles. The van der Waals surface area contributed by atoms with E-state index in [1.807, 2.05) is 0 Å². The van der Waals surface area contributed by atoms with Crippen molar-refractivity contribution in [1.82, 2.24) is 20.1 Å². The summed E-state index contributed by atoms with van der Waals surface area (Å²) in [5, 5.41) is 12.1. The third kappa shape index (κ3) is 1.75. The van der Waals surface area contributed by atoms with Gasteiger partial charge in [-0.25, -0.2) is 0 Å². The van der Waals surface area contributed by atoms with Gasteiger partial charge >= 0.3 is 0 Å². The first kappa shape index (κ1) is 10.3. The Labute approximate surface area is 96.4 Å². The van der Waals surface area contributed by atoms with Crippen molar-refractivity contribution in [2.45, 2.75) is 58.7 Å². The fourth-order valence-electron chi connectivity index (χ4n) is 2.53. The molecule has 0 amide bonds. The molecule has 0 radical (unpaired) electrons. The smallest absolute Gasteiger partial charge is 0.147 e. The highest BCUT2D eigenvalue weighted by molar-refractivity contribution is 5.04. The maximum absolute atomic E-state index is 4.30. The second-order valence-corrected chi connectivity index (χ2v) is 5.77. The normalized spacial score (nSPS) is 26.5. The van der Waals surface area contributed by atoms with Crippen molar-refractivity contribution in [2.75, 3.05) is 0 Å². The van der Waals surface area contributed by atoms with Crippen LogP contribution in [0, 0.1) is 5.41 Å². The first-order chi connectivity index (χ1) is 7.67. The summed E-state index contributed by atoms with van der Waals surface area (Å²) >= 11 is 0. The monoisotopic (exact) mass is 220 g/mol. The summed E-state index contributed by atoms with van der Waals surface area (Å²) in [4.78, 5) is 0. The zero-order valence-corrected chi connectivity index (χ0v) is 10.2. The van der Waals surface area contributed by atoms with Crippen LogP contribution < -0.4 is 5.32 Å². The van der Waals surface area contributed by atoms with Crippen LogP contribution in [0.4, 0.5) is 0 Å². The maximum Gasteiger partial charge on any atom is 0.147 e. The minimum Gasteiger partial charge on any atom is -0.314 e. The number of hydrogen-bond acceptors (Lipinski definition) is 3. The largest absolute Gasteiger partial charge is 0.314 e. The fourth-order valence-corrected chi connectivity index (χ4v) is 2.53. The average Bonchev–Trinajstić information content (AvgIpc) is 2.73. The van der Waals surface area contributed by atoms with E-state index in [0.717, 1.165) is 25.3 Å². The van der Waals surface area contributed by atoms with Gasteiger partial charge in [-0.3, -0.25) is 0 Å². The van der Waals surface area contributed by atoms with E-state index in [2.05, 4.69) is 33.9 Å². The SMILES string of the molecule is CC1(C)CC1NCc1nnc2n1CCCC2. The van der Waals surface area contributed by atoms with Gasteiger partial charge in [-0.15, -0.1) is 10.2 Å². The first-order valence-corrected chi connectivity index (χ1v) is 6.31. The molecule has 2 aliphatic rings. The molecule has 1 atom stereocenters.